The third kappa shape index (κ3) is 5.35. The summed E-state index contributed by atoms with van der Waals surface area (Å²) in [5, 5.41) is 13.0. The highest BCUT2D eigenvalue weighted by Gasteiger charge is 2.21. The Kier molecular flexibility index (Phi) is 7.00. The number of aliphatic hydroxyl groups is 1. The lowest BCUT2D eigenvalue weighted by Gasteiger charge is -2.34. The van der Waals surface area contributed by atoms with E-state index in [-0.39, 0.29) is 0 Å². The molecule has 1 atom stereocenters. The Morgan fingerprint density at radius 2 is 1.84 bits per heavy atom. The number of nitrogens with one attached hydrogen (secondary N) is 1. The number of anilines is 2. The van der Waals surface area contributed by atoms with Crippen molar-refractivity contribution in [3.05, 3.63) is 24.3 Å². The average molecular weight is 347 g/mol. The van der Waals surface area contributed by atoms with Gasteiger partial charge in [-0.05, 0) is 62.0 Å². The van der Waals surface area contributed by atoms with Gasteiger partial charge in [-0.1, -0.05) is 19.1 Å². The van der Waals surface area contributed by atoms with Crippen LogP contribution in [-0.4, -0.2) is 44.6 Å². The van der Waals surface area contributed by atoms with Gasteiger partial charge < -0.3 is 20.1 Å². The lowest BCUT2D eigenvalue weighted by Crippen LogP contribution is -2.35. The molecular formula is C21H34N2O2. The molecule has 2 aliphatic rings. The lowest BCUT2D eigenvalue weighted by atomic mass is 9.90. The first-order valence-electron chi connectivity index (χ1n) is 10.0. The van der Waals surface area contributed by atoms with Crippen LogP contribution in [0.3, 0.4) is 0 Å². The minimum atomic E-state index is 0.331. The van der Waals surface area contributed by atoms with E-state index in [1.807, 2.05) is 0 Å². The predicted molar refractivity (Wildman–Crippen MR) is 104 cm³/mol. The van der Waals surface area contributed by atoms with Gasteiger partial charge in [0.15, 0.2) is 0 Å². The van der Waals surface area contributed by atoms with E-state index in [2.05, 4.69) is 41.4 Å². The van der Waals surface area contributed by atoms with Crippen LogP contribution in [0.15, 0.2) is 24.3 Å². The number of aliphatic hydroxyl groups excluding tert-OH is 1. The number of benzene rings is 1. The molecule has 0 aliphatic carbocycles. The molecule has 2 fully saturated rings. The van der Waals surface area contributed by atoms with Gasteiger partial charge in [-0.15, -0.1) is 0 Å². The van der Waals surface area contributed by atoms with E-state index in [1.165, 1.54) is 30.6 Å². The summed E-state index contributed by atoms with van der Waals surface area (Å²) >= 11 is 0. The van der Waals surface area contributed by atoms with Crippen molar-refractivity contribution in [2.45, 2.75) is 39.0 Å². The van der Waals surface area contributed by atoms with Crippen LogP contribution >= 0.6 is 0 Å². The second kappa shape index (κ2) is 9.44. The quantitative estimate of drug-likeness (QED) is 0.789. The molecule has 1 unspecified atom stereocenters. The number of para-hydroxylation sites is 2. The molecule has 0 amide bonds. The zero-order chi connectivity index (χ0) is 17.5. The Hall–Kier alpha value is -1.26. The van der Waals surface area contributed by atoms with E-state index in [4.69, 9.17) is 4.74 Å². The molecule has 25 heavy (non-hydrogen) atoms. The summed E-state index contributed by atoms with van der Waals surface area (Å²) in [4.78, 5) is 2.47. The van der Waals surface area contributed by atoms with Crippen molar-refractivity contribution in [1.82, 2.24) is 0 Å². The number of nitrogens with zero attached hydrogens (tertiary/aromatic N) is 1. The fourth-order valence-electron chi connectivity index (χ4n) is 4.17. The first-order chi connectivity index (χ1) is 12.3. The van der Waals surface area contributed by atoms with E-state index in [9.17, 15) is 5.11 Å². The topological polar surface area (TPSA) is 44.7 Å². The molecule has 0 spiro atoms. The molecular weight excluding hydrogens is 312 g/mol. The smallest absolute Gasteiger partial charge is 0.0602 e. The predicted octanol–water partition coefficient (Wildman–Crippen LogP) is 3.76. The summed E-state index contributed by atoms with van der Waals surface area (Å²) in [6.07, 6.45) is 5.91. The normalized spacial score (nSPS) is 21.3. The number of hydrogen-bond donors (Lipinski definition) is 2. The molecule has 140 valence electrons. The van der Waals surface area contributed by atoms with Crippen LogP contribution in [0.25, 0.3) is 0 Å². The number of hydrogen-bond acceptors (Lipinski definition) is 4. The van der Waals surface area contributed by atoms with Crippen LogP contribution in [0.1, 0.15) is 39.0 Å². The SMILES string of the molecule is CC(CNc1ccccc1N1CCC(CO)CC1)CC1CCOCC1. The van der Waals surface area contributed by atoms with Gasteiger partial charge in [0, 0.05) is 39.5 Å². The zero-order valence-electron chi connectivity index (χ0n) is 15.6. The van der Waals surface area contributed by atoms with E-state index < -0.39 is 0 Å². The summed E-state index contributed by atoms with van der Waals surface area (Å²) in [6, 6.07) is 8.68. The largest absolute Gasteiger partial charge is 0.396 e. The summed E-state index contributed by atoms with van der Waals surface area (Å²) in [7, 11) is 0. The molecule has 4 nitrogen and oxygen atoms in total. The molecule has 2 N–H and O–H groups in total. The number of rotatable bonds is 7. The molecule has 1 aromatic rings. The maximum atomic E-state index is 9.34. The van der Waals surface area contributed by atoms with Gasteiger partial charge in [-0.25, -0.2) is 0 Å². The zero-order valence-corrected chi connectivity index (χ0v) is 15.6. The van der Waals surface area contributed by atoms with Gasteiger partial charge in [0.2, 0.25) is 0 Å². The van der Waals surface area contributed by atoms with Crippen molar-refractivity contribution in [2.75, 3.05) is 49.7 Å². The second-order valence-electron chi connectivity index (χ2n) is 7.91. The monoisotopic (exact) mass is 346 g/mol. The van der Waals surface area contributed by atoms with Crippen LogP contribution in [0.2, 0.25) is 0 Å². The maximum Gasteiger partial charge on any atom is 0.0602 e. The Morgan fingerprint density at radius 3 is 2.56 bits per heavy atom. The van der Waals surface area contributed by atoms with Crippen LogP contribution in [0, 0.1) is 17.8 Å². The van der Waals surface area contributed by atoms with Crippen molar-refractivity contribution in [3.8, 4) is 0 Å². The fraction of sp³-hybridized carbons (Fsp3) is 0.714. The van der Waals surface area contributed by atoms with Crippen LogP contribution in [-0.2, 0) is 4.74 Å². The number of ether oxygens (including phenoxy) is 1. The summed E-state index contributed by atoms with van der Waals surface area (Å²) in [5.41, 5.74) is 2.57. The Labute approximate surface area is 152 Å². The highest BCUT2D eigenvalue weighted by Crippen LogP contribution is 2.30. The molecule has 0 radical (unpaired) electrons. The summed E-state index contributed by atoms with van der Waals surface area (Å²) in [5.74, 6) is 1.99. The molecule has 4 heteroatoms. The highest BCUT2D eigenvalue weighted by atomic mass is 16.5. The first kappa shape index (κ1) is 18.5. The van der Waals surface area contributed by atoms with E-state index in [0.29, 0.717) is 18.4 Å². The molecule has 0 saturated carbocycles. The molecule has 2 saturated heterocycles. The minimum Gasteiger partial charge on any atom is -0.396 e. The minimum absolute atomic E-state index is 0.331. The van der Waals surface area contributed by atoms with Crippen LogP contribution < -0.4 is 10.2 Å². The molecule has 0 bridgehead atoms. The molecule has 0 aromatic heterocycles. The fourth-order valence-corrected chi connectivity index (χ4v) is 4.17. The van der Waals surface area contributed by atoms with E-state index >= 15 is 0 Å². The van der Waals surface area contributed by atoms with Gasteiger partial charge >= 0.3 is 0 Å². The Morgan fingerprint density at radius 1 is 1.12 bits per heavy atom. The van der Waals surface area contributed by atoms with Crippen LogP contribution in [0.4, 0.5) is 11.4 Å². The standard InChI is InChI=1S/C21H34N2O2/c1-17(14-18-8-12-25-13-9-18)15-22-20-4-2-3-5-21(20)23-10-6-19(16-24)7-11-23/h2-5,17-19,22,24H,6-16H2,1H3. The third-order valence-electron chi connectivity index (χ3n) is 5.84. The van der Waals surface area contributed by atoms with Gasteiger partial charge in [0.25, 0.3) is 0 Å². The van der Waals surface area contributed by atoms with Crippen molar-refractivity contribution >= 4 is 11.4 Å². The van der Waals surface area contributed by atoms with Gasteiger partial charge in [-0.2, -0.15) is 0 Å². The average Bonchev–Trinajstić information content (AvgIpc) is 2.67. The maximum absolute atomic E-state index is 9.34. The van der Waals surface area contributed by atoms with Gasteiger partial charge in [-0.3, -0.25) is 0 Å². The van der Waals surface area contributed by atoms with Crippen molar-refractivity contribution in [2.24, 2.45) is 17.8 Å². The van der Waals surface area contributed by atoms with Gasteiger partial charge in [0.1, 0.15) is 0 Å². The highest BCUT2D eigenvalue weighted by molar-refractivity contribution is 5.70. The first-order valence-corrected chi connectivity index (χ1v) is 10.0. The molecule has 2 aliphatic heterocycles. The molecule has 1 aromatic carbocycles. The number of piperidine rings is 1. The third-order valence-corrected chi connectivity index (χ3v) is 5.84. The van der Waals surface area contributed by atoms with E-state index in [0.717, 1.165) is 51.6 Å². The van der Waals surface area contributed by atoms with Crippen molar-refractivity contribution < 1.29 is 9.84 Å². The van der Waals surface area contributed by atoms with E-state index in [1.54, 1.807) is 0 Å². The lowest BCUT2D eigenvalue weighted by molar-refractivity contribution is 0.0599. The van der Waals surface area contributed by atoms with Crippen molar-refractivity contribution in [1.29, 1.82) is 0 Å². The summed E-state index contributed by atoms with van der Waals surface area (Å²) < 4.78 is 5.47. The van der Waals surface area contributed by atoms with Crippen LogP contribution in [0.5, 0.6) is 0 Å². The Balaban J connectivity index is 1.52. The van der Waals surface area contributed by atoms with Gasteiger partial charge in [0.05, 0.1) is 11.4 Å². The Bertz CT molecular complexity index is 508. The summed E-state index contributed by atoms with van der Waals surface area (Å²) in [6.45, 7) is 7.69. The molecule has 3 rings (SSSR count). The van der Waals surface area contributed by atoms with Crippen molar-refractivity contribution in [3.63, 3.8) is 0 Å². The molecule has 2 heterocycles. The second-order valence-corrected chi connectivity index (χ2v) is 7.91.